The Hall–Kier alpha value is -1.58. The van der Waals surface area contributed by atoms with Gasteiger partial charge in [0.2, 0.25) is 0 Å². The van der Waals surface area contributed by atoms with Gasteiger partial charge < -0.3 is 10.6 Å². The SMILES string of the molecule is Cl.Cl.NCCN1CCC(=C2c3ccccc3C=Cc3ccccc32)CC1. The molecule has 2 N–H and O–H groups in total. The lowest BCUT2D eigenvalue weighted by Gasteiger charge is -2.30. The fourth-order valence-corrected chi connectivity index (χ4v) is 3.92. The molecule has 0 radical (unpaired) electrons. The molecule has 0 atom stereocenters. The Morgan fingerprint density at radius 1 is 0.769 bits per heavy atom. The van der Waals surface area contributed by atoms with E-state index in [0.717, 1.165) is 39.0 Å². The minimum Gasteiger partial charge on any atom is -0.329 e. The van der Waals surface area contributed by atoms with Crippen molar-refractivity contribution in [3.05, 3.63) is 76.4 Å². The van der Waals surface area contributed by atoms with E-state index in [2.05, 4.69) is 65.6 Å². The van der Waals surface area contributed by atoms with Crippen LogP contribution in [-0.2, 0) is 0 Å². The minimum atomic E-state index is 0. The first kappa shape index (κ1) is 20.7. The van der Waals surface area contributed by atoms with Crippen molar-refractivity contribution in [2.24, 2.45) is 5.73 Å². The van der Waals surface area contributed by atoms with Gasteiger partial charge in [0.05, 0.1) is 0 Å². The van der Waals surface area contributed by atoms with E-state index in [1.54, 1.807) is 5.57 Å². The van der Waals surface area contributed by atoms with E-state index in [1.165, 1.54) is 27.8 Å². The van der Waals surface area contributed by atoms with E-state index in [1.807, 2.05) is 0 Å². The van der Waals surface area contributed by atoms with Crippen LogP contribution in [0.4, 0.5) is 0 Å². The van der Waals surface area contributed by atoms with Gasteiger partial charge in [-0.15, -0.1) is 24.8 Å². The number of rotatable bonds is 2. The van der Waals surface area contributed by atoms with Crippen LogP contribution in [0.5, 0.6) is 0 Å². The smallest absolute Gasteiger partial charge is 0.0105 e. The highest BCUT2D eigenvalue weighted by atomic mass is 35.5. The van der Waals surface area contributed by atoms with Gasteiger partial charge >= 0.3 is 0 Å². The first-order valence-electron chi connectivity index (χ1n) is 8.88. The summed E-state index contributed by atoms with van der Waals surface area (Å²) in [5.74, 6) is 0. The molecule has 0 unspecified atom stereocenters. The molecule has 4 heteroatoms. The number of hydrogen-bond acceptors (Lipinski definition) is 2. The molecule has 0 aromatic heterocycles. The lowest BCUT2D eigenvalue weighted by Crippen LogP contribution is -2.35. The third-order valence-electron chi connectivity index (χ3n) is 5.16. The molecule has 1 fully saturated rings. The molecular formula is C22H26Cl2N2. The van der Waals surface area contributed by atoms with Crippen LogP contribution < -0.4 is 5.73 Å². The number of likely N-dealkylation sites (tertiary alicyclic amines) is 1. The van der Waals surface area contributed by atoms with E-state index in [9.17, 15) is 0 Å². The van der Waals surface area contributed by atoms with Crippen LogP contribution in [0.2, 0.25) is 0 Å². The number of fused-ring (bicyclic) bond motifs is 2. The summed E-state index contributed by atoms with van der Waals surface area (Å²) in [4.78, 5) is 2.48. The number of hydrogen-bond donors (Lipinski definition) is 1. The zero-order valence-corrected chi connectivity index (χ0v) is 16.5. The van der Waals surface area contributed by atoms with Crippen LogP contribution in [0, 0.1) is 0 Å². The minimum absolute atomic E-state index is 0. The van der Waals surface area contributed by atoms with Crippen molar-refractivity contribution in [2.45, 2.75) is 12.8 Å². The van der Waals surface area contributed by atoms with Crippen LogP contribution in [-0.4, -0.2) is 31.1 Å². The van der Waals surface area contributed by atoms with Crippen molar-refractivity contribution in [1.82, 2.24) is 4.90 Å². The fourth-order valence-electron chi connectivity index (χ4n) is 3.92. The van der Waals surface area contributed by atoms with Crippen LogP contribution in [0.1, 0.15) is 35.1 Å². The topological polar surface area (TPSA) is 29.3 Å². The van der Waals surface area contributed by atoms with E-state index < -0.39 is 0 Å². The Bertz CT molecular complexity index is 750. The average molecular weight is 389 g/mol. The summed E-state index contributed by atoms with van der Waals surface area (Å²) in [5.41, 5.74) is 14.2. The molecule has 1 saturated heterocycles. The molecule has 1 aliphatic carbocycles. The summed E-state index contributed by atoms with van der Waals surface area (Å²) in [5, 5.41) is 0. The van der Waals surface area contributed by atoms with Crippen molar-refractivity contribution in [2.75, 3.05) is 26.2 Å². The molecule has 1 heterocycles. The first-order valence-corrected chi connectivity index (χ1v) is 8.88. The zero-order valence-electron chi connectivity index (χ0n) is 14.9. The summed E-state index contributed by atoms with van der Waals surface area (Å²) in [7, 11) is 0. The molecule has 4 rings (SSSR count). The van der Waals surface area contributed by atoms with Gasteiger partial charge in [-0.2, -0.15) is 0 Å². The number of halogens is 2. The van der Waals surface area contributed by atoms with Gasteiger partial charge in [0.25, 0.3) is 0 Å². The summed E-state index contributed by atoms with van der Waals surface area (Å²) in [6.07, 6.45) is 6.78. The second kappa shape index (κ2) is 9.38. The second-order valence-electron chi connectivity index (χ2n) is 6.62. The van der Waals surface area contributed by atoms with E-state index in [4.69, 9.17) is 5.73 Å². The second-order valence-corrected chi connectivity index (χ2v) is 6.62. The van der Waals surface area contributed by atoms with Crippen LogP contribution in [0.3, 0.4) is 0 Å². The monoisotopic (exact) mass is 388 g/mol. The number of benzene rings is 2. The molecule has 2 aromatic rings. The maximum Gasteiger partial charge on any atom is 0.0105 e. The van der Waals surface area contributed by atoms with Crippen molar-refractivity contribution >= 4 is 42.5 Å². The Kier molecular flexibility index (Phi) is 7.48. The number of nitrogens with zero attached hydrogens (tertiary/aromatic N) is 1. The Labute approximate surface area is 168 Å². The predicted octanol–water partition coefficient (Wildman–Crippen LogP) is 4.87. The summed E-state index contributed by atoms with van der Waals surface area (Å²) in [6.45, 7) is 4.00. The maximum absolute atomic E-state index is 5.72. The molecule has 0 bridgehead atoms. The number of piperidine rings is 1. The largest absolute Gasteiger partial charge is 0.329 e. The lowest BCUT2D eigenvalue weighted by molar-refractivity contribution is 0.264. The van der Waals surface area contributed by atoms with Gasteiger partial charge in [-0.1, -0.05) is 66.3 Å². The summed E-state index contributed by atoms with van der Waals surface area (Å²) >= 11 is 0. The van der Waals surface area contributed by atoms with Gasteiger partial charge in [-0.3, -0.25) is 0 Å². The Morgan fingerprint density at radius 3 is 1.77 bits per heavy atom. The summed E-state index contributed by atoms with van der Waals surface area (Å²) < 4.78 is 0. The lowest BCUT2D eigenvalue weighted by atomic mass is 9.86. The molecule has 2 nitrogen and oxygen atoms in total. The van der Waals surface area contributed by atoms with Gasteiger partial charge in [0.15, 0.2) is 0 Å². The molecule has 2 aliphatic rings. The zero-order chi connectivity index (χ0) is 16.4. The van der Waals surface area contributed by atoms with Crippen molar-refractivity contribution in [3.8, 4) is 0 Å². The van der Waals surface area contributed by atoms with Crippen LogP contribution in [0.15, 0.2) is 54.1 Å². The molecule has 0 spiro atoms. The van der Waals surface area contributed by atoms with Crippen molar-refractivity contribution in [3.63, 3.8) is 0 Å². The first-order chi connectivity index (χ1) is 11.9. The highest BCUT2D eigenvalue weighted by Gasteiger charge is 2.21. The van der Waals surface area contributed by atoms with Gasteiger partial charge in [0, 0.05) is 26.2 Å². The van der Waals surface area contributed by atoms with Crippen molar-refractivity contribution < 1.29 is 0 Å². The van der Waals surface area contributed by atoms with Gasteiger partial charge in [-0.25, -0.2) is 0 Å². The Morgan fingerprint density at radius 2 is 1.27 bits per heavy atom. The molecule has 0 saturated carbocycles. The highest BCUT2D eigenvalue weighted by Crippen LogP contribution is 2.38. The van der Waals surface area contributed by atoms with E-state index in [0.29, 0.717) is 0 Å². The molecule has 1 aliphatic heterocycles. The fraction of sp³-hybridized carbons (Fsp3) is 0.273. The molecule has 26 heavy (non-hydrogen) atoms. The molecule has 138 valence electrons. The molecule has 2 aromatic carbocycles. The van der Waals surface area contributed by atoms with E-state index >= 15 is 0 Å². The summed E-state index contributed by atoms with van der Waals surface area (Å²) in [6, 6.07) is 17.6. The normalized spacial score (nSPS) is 16.0. The number of nitrogens with two attached hydrogens (primary N) is 1. The van der Waals surface area contributed by atoms with Gasteiger partial charge in [-0.05, 0) is 40.7 Å². The highest BCUT2D eigenvalue weighted by molar-refractivity contribution is 5.94. The predicted molar refractivity (Wildman–Crippen MR) is 117 cm³/mol. The maximum atomic E-state index is 5.72. The van der Waals surface area contributed by atoms with E-state index in [-0.39, 0.29) is 24.8 Å². The molecular weight excluding hydrogens is 363 g/mol. The quantitative estimate of drug-likeness (QED) is 0.678. The van der Waals surface area contributed by atoms with Gasteiger partial charge in [0.1, 0.15) is 0 Å². The average Bonchev–Trinajstić information content (AvgIpc) is 2.80. The molecule has 0 amide bonds. The standard InChI is InChI=1S/C22H24N2.2ClH/c23-13-16-24-14-11-19(12-15-24)22-20-7-3-1-5-17(20)9-10-18-6-2-4-8-21(18)22;;/h1-10H,11-16,23H2;2*1H. The van der Waals surface area contributed by atoms with Crippen LogP contribution in [0.25, 0.3) is 17.7 Å². The van der Waals surface area contributed by atoms with Crippen LogP contribution >= 0.6 is 24.8 Å². The third kappa shape index (κ3) is 4.05. The third-order valence-corrected chi connectivity index (χ3v) is 5.16. The van der Waals surface area contributed by atoms with Crippen molar-refractivity contribution in [1.29, 1.82) is 0 Å². The Balaban J connectivity index is 0.00000121.